The molecule has 0 aromatic heterocycles. The second-order valence-corrected chi connectivity index (χ2v) is 5.66. The first-order valence-corrected chi connectivity index (χ1v) is 7.79. The lowest BCUT2D eigenvalue weighted by atomic mass is 10.1. The van der Waals surface area contributed by atoms with Crippen molar-refractivity contribution >= 4 is 11.8 Å². The Morgan fingerprint density at radius 2 is 1.86 bits per heavy atom. The van der Waals surface area contributed by atoms with Crippen molar-refractivity contribution < 1.29 is 9.59 Å². The minimum Gasteiger partial charge on any atom is -0.345 e. The Bertz CT molecular complexity index is 467. The molecule has 1 aromatic rings. The quantitative estimate of drug-likeness (QED) is 0.872. The van der Waals surface area contributed by atoms with Gasteiger partial charge in [-0.05, 0) is 38.2 Å². The van der Waals surface area contributed by atoms with E-state index in [-0.39, 0.29) is 11.8 Å². The van der Waals surface area contributed by atoms with Gasteiger partial charge in [-0.1, -0.05) is 30.3 Å². The monoisotopic (exact) mass is 288 g/mol. The van der Waals surface area contributed by atoms with Crippen molar-refractivity contribution in [1.82, 2.24) is 10.2 Å². The highest BCUT2D eigenvalue weighted by Gasteiger charge is 2.23. The molecule has 1 fully saturated rings. The van der Waals surface area contributed by atoms with Crippen LogP contribution in [0.4, 0.5) is 0 Å². The number of hydrogen-bond donors (Lipinski definition) is 1. The summed E-state index contributed by atoms with van der Waals surface area (Å²) in [6.45, 7) is 3.43. The van der Waals surface area contributed by atoms with E-state index in [1.807, 2.05) is 23.1 Å². The number of hydrogen-bond acceptors (Lipinski definition) is 2. The van der Waals surface area contributed by atoms with Gasteiger partial charge in [0.1, 0.15) is 6.04 Å². The zero-order chi connectivity index (χ0) is 15.1. The molecule has 0 radical (unpaired) electrons. The second kappa shape index (κ2) is 7.81. The van der Waals surface area contributed by atoms with Crippen LogP contribution in [0.1, 0.15) is 38.2 Å². The summed E-state index contributed by atoms with van der Waals surface area (Å²) in [5.41, 5.74) is 1.24. The molecule has 0 bridgehead atoms. The van der Waals surface area contributed by atoms with Crippen LogP contribution in [-0.4, -0.2) is 35.8 Å². The Morgan fingerprint density at radius 1 is 1.19 bits per heavy atom. The molecule has 1 N–H and O–H groups in total. The van der Waals surface area contributed by atoms with Crippen LogP contribution in [0.2, 0.25) is 0 Å². The maximum atomic E-state index is 12.1. The zero-order valence-corrected chi connectivity index (χ0v) is 12.7. The number of nitrogens with zero attached hydrogens (tertiary/aromatic N) is 1. The number of nitrogens with one attached hydrogen (secondary N) is 1. The topological polar surface area (TPSA) is 49.4 Å². The van der Waals surface area contributed by atoms with E-state index >= 15 is 0 Å². The summed E-state index contributed by atoms with van der Waals surface area (Å²) in [6.07, 6.45) is 4.31. The normalized spacial score (nSPS) is 15.8. The van der Waals surface area contributed by atoms with E-state index in [0.717, 1.165) is 38.8 Å². The third-order valence-corrected chi connectivity index (χ3v) is 3.88. The van der Waals surface area contributed by atoms with Crippen LogP contribution in [0, 0.1) is 0 Å². The van der Waals surface area contributed by atoms with Crippen LogP contribution >= 0.6 is 0 Å². The van der Waals surface area contributed by atoms with Crippen LogP contribution in [0.3, 0.4) is 0 Å². The fourth-order valence-electron chi connectivity index (χ4n) is 2.68. The molecular formula is C17H24N2O2. The third kappa shape index (κ3) is 4.88. The Morgan fingerprint density at radius 3 is 2.52 bits per heavy atom. The minimum atomic E-state index is -0.410. The summed E-state index contributed by atoms with van der Waals surface area (Å²) in [5.74, 6) is 0.00916. The summed E-state index contributed by atoms with van der Waals surface area (Å²) in [4.78, 5) is 25.8. The van der Waals surface area contributed by atoms with Crippen molar-refractivity contribution in [2.45, 2.75) is 45.1 Å². The highest BCUT2D eigenvalue weighted by Crippen LogP contribution is 2.09. The zero-order valence-electron chi connectivity index (χ0n) is 12.7. The van der Waals surface area contributed by atoms with E-state index in [1.165, 1.54) is 5.56 Å². The average molecular weight is 288 g/mol. The largest absolute Gasteiger partial charge is 0.345 e. The SMILES string of the molecule is C[C@@H](NC(=O)CCCc1ccccc1)C(=O)N1CCCC1. The summed E-state index contributed by atoms with van der Waals surface area (Å²) in [5, 5.41) is 2.81. The van der Waals surface area contributed by atoms with Gasteiger partial charge in [-0.25, -0.2) is 0 Å². The first-order chi connectivity index (χ1) is 10.2. The Labute approximate surface area is 126 Å². The Balaban J connectivity index is 1.67. The van der Waals surface area contributed by atoms with Crippen molar-refractivity contribution in [3.63, 3.8) is 0 Å². The van der Waals surface area contributed by atoms with Gasteiger partial charge in [0, 0.05) is 19.5 Å². The molecule has 0 spiro atoms. The highest BCUT2D eigenvalue weighted by molar-refractivity contribution is 5.87. The van der Waals surface area contributed by atoms with Crippen LogP contribution in [0.25, 0.3) is 0 Å². The number of likely N-dealkylation sites (tertiary alicyclic amines) is 1. The molecule has 1 saturated heterocycles. The number of benzene rings is 1. The van der Waals surface area contributed by atoms with E-state index < -0.39 is 6.04 Å². The van der Waals surface area contributed by atoms with Crippen molar-refractivity contribution in [1.29, 1.82) is 0 Å². The van der Waals surface area contributed by atoms with E-state index in [2.05, 4.69) is 17.4 Å². The van der Waals surface area contributed by atoms with E-state index in [4.69, 9.17) is 0 Å². The van der Waals surface area contributed by atoms with Crippen molar-refractivity contribution in [2.75, 3.05) is 13.1 Å². The van der Waals surface area contributed by atoms with Crippen molar-refractivity contribution in [3.05, 3.63) is 35.9 Å². The molecule has 4 heteroatoms. The van der Waals surface area contributed by atoms with Crippen LogP contribution < -0.4 is 5.32 Å². The maximum absolute atomic E-state index is 12.1. The van der Waals surface area contributed by atoms with Gasteiger partial charge in [-0.15, -0.1) is 0 Å². The van der Waals surface area contributed by atoms with Gasteiger partial charge in [0.2, 0.25) is 11.8 Å². The van der Waals surface area contributed by atoms with Crippen LogP contribution in [0.15, 0.2) is 30.3 Å². The first kappa shape index (κ1) is 15.5. The van der Waals surface area contributed by atoms with Gasteiger partial charge in [-0.2, -0.15) is 0 Å². The lowest BCUT2D eigenvalue weighted by Gasteiger charge is -2.21. The molecule has 0 aliphatic carbocycles. The summed E-state index contributed by atoms with van der Waals surface area (Å²) in [6, 6.07) is 9.72. The molecule has 2 amide bonds. The molecule has 4 nitrogen and oxygen atoms in total. The predicted molar refractivity (Wildman–Crippen MR) is 82.8 cm³/mol. The number of carbonyl (C=O) groups excluding carboxylic acids is 2. The molecule has 114 valence electrons. The van der Waals surface area contributed by atoms with E-state index in [9.17, 15) is 9.59 Å². The maximum Gasteiger partial charge on any atom is 0.244 e. The van der Waals surface area contributed by atoms with E-state index in [1.54, 1.807) is 6.92 Å². The second-order valence-electron chi connectivity index (χ2n) is 5.66. The van der Waals surface area contributed by atoms with Crippen molar-refractivity contribution in [3.8, 4) is 0 Å². The van der Waals surface area contributed by atoms with E-state index in [0.29, 0.717) is 6.42 Å². The first-order valence-electron chi connectivity index (χ1n) is 7.79. The summed E-state index contributed by atoms with van der Waals surface area (Å²) < 4.78 is 0. The Hall–Kier alpha value is -1.84. The molecule has 21 heavy (non-hydrogen) atoms. The molecule has 0 saturated carbocycles. The molecule has 1 aliphatic heterocycles. The molecular weight excluding hydrogens is 264 g/mol. The highest BCUT2D eigenvalue weighted by atomic mass is 16.2. The average Bonchev–Trinajstić information content (AvgIpc) is 3.01. The van der Waals surface area contributed by atoms with Crippen LogP contribution in [0.5, 0.6) is 0 Å². The molecule has 2 rings (SSSR count). The standard InChI is InChI=1S/C17H24N2O2/c1-14(17(21)19-12-5-6-13-19)18-16(20)11-7-10-15-8-3-2-4-9-15/h2-4,8-9,14H,5-7,10-13H2,1H3,(H,18,20)/t14-/m1/s1. The van der Waals surface area contributed by atoms with Crippen LogP contribution in [-0.2, 0) is 16.0 Å². The number of carbonyl (C=O) groups is 2. The number of amides is 2. The fourth-order valence-corrected chi connectivity index (χ4v) is 2.68. The molecule has 1 heterocycles. The smallest absolute Gasteiger partial charge is 0.244 e. The van der Waals surface area contributed by atoms with Gasteiger partial charge in [0.05, 0.1) is 0 Å². The summed E-state index contributed by atoms with van der Waals surface area (Å²) in [7, 11) is 0. The molecule has 1 aliphatic rings. The van der Waals surface area contributed by atoms with Gasteiger partial charge in [-0.3, -0.25) is 9.59 Å². The third-order valence-electron chi connectivity index (χ3n) is 3.88. The molecule has 0 unspecified atom stereocenters. The predicted octanol–water partition coefficient (Wildman–Crippen LogP) is 2.14. The van der Waals surface area contributed by atoms with Gasteiger partial charge in [0.25, 0.3) is 0 Å². The number of rotatable bonds is 6. The summed E-state index contributed by atoms with van der Waals surface area (Å²) >= 11 is 0. The lowest BCUT2D eigenvalue weighted by molar-refractivity contribution is -0.135. The molecule has 1 atom stereocenters. The van der Waals surface area contributed by atoms with Crippen molar-refractivity contribution in [2.24, 2.45) is 0 Å². The van der Waals surface area contributed by atoms with Gasteiger partial charge >= 0.3 is 0 Å². The minimum absolute atomic E-state index is 0.0361. The number of aryl methyl sites for hydroxylation is 1. The van der Waals surface area contributed by atoms with Gasteiger partial charge in [0.15, 0.2) is 0 Å². The lowest BCUT2D eigenvalue weighted by Crippen LogP contribution is -2.45. The Kier molecular flexibility index (Phi) is 5.78. The van der Waals surface area contributed by atoms with Gasteiger partial charge < -0.3 is 10.2 Å². The fraction of sp³-hybridized carbons (Fsp3) is 0.529. The molecule has 1 aromatic carbocycles.